The lowest BCUT2D eigenvalue weighted by Gasteiger charge is -2.18. The minimum absolute atomic E-state index is 0.0112. The summed E-state index contributed by atoms with van der Waals surface area (Å²) < 4.78 is 5.70. The van der Waals surface area contributed by atoms with Crippen molar-refractivity contribution in [1.29, 1.82) is 0 Å². The van der Waals surface area contributed by atoms with Gasteiger partial charge in [-0.25, -0.2) is 4.99 Å². The zero-order valence-corrected chi connectivity index (χ0v) is 10.5. The Balaban J connectivity index is 2.20. The number of rotatable bonds is 4. The zero-order chi connectivity index (χ0) is 13.1. The third-order valence-corrected chi connectivity index (χ3v) is 2.99. The molecule has 18 heavy (non-hydrogen) atoms. The molecule has 1 heterocycles. The van der Waals surface area contributed by atoms with E-state index in [2.05, 4.69) is 4.99 Å². The van der Waals surface area contributed by atoms with E-state index in [1.54, 1.807) is 0 Å². The lowest BCUT2D eigenvalue weighted by Crippen LogP contribution is -2.29. The van der Waals surface area contributed by atoms with Gasteiger partial charge in [0.15, 0.2) is 0 Å². The molecule has 1 aliphatic rings. The molecular weight excluding hydrogens is 230 g/mol. The standard InChI is InChI=1S/C14H17NO3/c1-9(2)13-11(8-12(16)17)18-14(15-13)10-6-4-3-5-7-10/h3-7,9,11,13H,8H2,1-2H3,(H,16,17)/t11-,13-/m0/s1. The first kappa shape index (κ1) is 12.6. The van der Waals surface area contributed by atoms with Crippen LogP contribution >= 0.6 is 0 Å². The average molecular weight is 247 g/mol. The van der Waals surface area contributed by atoms with Gasteiger partial charge in [0.25, 0.3) is 0 Å². The number of ether oxygens (including phenoxy) is 1. The first-order valence-electron chi connectivity index (χ1n) is 6.09. The highest BCUT2D eigenvalue weighted by molar-refractivity contribution is 5.95. The molecule has 0 aromatic heterocycles. The van der Waals surface area contributed by atoms with E-state index in [1.807, 2.05) is 44.2 Å². The number of hydrogen-bond acceptors (Lipinski definition) is 3. The second-order valence-electron chi connectivity index (χ2n) is 4.79. The van der Waals surface area contributed by atoms with Crippen LogP contribution in [0, 0.1) is 5.92 Å². The topological polar surface area (TPSA) is 58.9 Å². The van der Waals surface area contributed by atoms with E-state index in [4.69, 9.17) is 9.84 Å². The van der Waals surface area contributed by atoms with Crippen LogP contribution in [0.1, 0.15) is 25.8 Å². The maximum Gasteiger partial charge on any atom is 0.307 e. The van der Waals surface area contributed by atoms with Crippen molar-refractivity contribution < 1.29 is 14.6 Å². The molecule has 0 spiro atoms. The van der Waals surface area contributed by atoms with Crippen molar-refractivity contribution in [2.75, 3.05) is 0 Å². The van der Waals surface area contributed by atoms with Gasteiger partial charge in [-0.05, 0) is 18.1 Å². The monoisotopic (exact) mass is 247 g/mol. The van der Waals surface area contributed by atoms with E-state index in [-0.39, 0.29) is 24.5 Å². The number of carboxylic acid groups (broad SMARTS) is 1. The van der Waals surface area contributed by atoms with Crippen molar-refractivity contribution >= 4 is 11.9 Å². The average Bonchev–Trinajstić information content (AvgIpc) is 2.73. The van der Waals surface area contributed by atoms with Crippen LogP contribution in [0.5, 0.6) is 0 Å². The second-order valence-corrected chi connectivity index (χ2v) is 4.79. The summed E-state index contributed by atoms with van der Waals surface area (Å²) in [5, 5.41) is 8.90. The predicted molar refractivity (Wildman–Crippen MR) is 68.7 cm³/mol. The molecule has 1 aromatic carbocycles. The van der Waals surface area contributed by atoms with Gasteiger partial charge in [-0.3, -0.25) is 4.79 Å². The molecule has 0 radical (unpaired) electrons. The minimum atomic E-state index is -0.852. The highest BCUT2D eigenvalue weighted by atomic mass is 16.5. The Morgan fingerprint density at radius 3 is 2.61 bits per heavy atom. The molecule has 0 bridgehead atoms. The maximum absolute atomic E-state index is 10.8. The molecule has 0 saturated heterocycles. The third-order valence-electron chi connectivity index (χ3n) is 2.99. The van der Waals surface area contributed by atoms with Gasteiger partial charge in [-0.1, -0.05) is 32.0 Å². The molecule has 0 aliphatic carbocycles. The summed E-state index contributed by atoms with van der Waals surface area (Å²) in [6, 6.07) is 9.50. The molecule has 1 N–H and O–H groups in total. The molecule has 1 aliphatic heterocycles. The van der Waals surface area contributed by atoms with Crippen molar-refractivity contribution in [1.82, 2.24) is 0 Å². The molecule has 1 aromatic rings. The van der Waals surface area contributed by atoms with Crippen LogP contribution in [0.15, 0.2) is 35.3 Å². The summed E-state index contributed by atoms with van der Waals surface area (Å²) in [7, 11) is 0. The first-order chi connectivity index (χ1) is 8.58. The first-order valence-corrected chi connectivity index (χ1v) is 6.09. The number of aliphatic imine (C=N–C) groups is 1. The Hall–Kier alpha value is -1.84. The van der Waals surface area contributed by atoms with Crippen LogP contribution in [-0.4, -0.2) is 29.1 Å². The van der Waals surface area contributed by atoms with Crippen LogP contribution in [0.2, 0.25) is 0 Å². The van der Waals surface area contributed by atoms with E-state index in [9.17, 15) is 4.79 Å². The molecular formula is C14H17NO3. The molecule has 0 fully saturated rings. The fourth-order valence-corrected chi connectivity index (χ4v) is 2.10. The van der Waals surface area contributed by atoms with Gasteiger partial charge in [0.05, 0.1) is 12.5 Å². The fourth-order valence-electron chi connectivity index (χ4n) is 2.10. The second kappa shape index (κ2) is 5.21. The molecule has 96 valence electrons. The van der Waals surface area contributed by atoms with Gasteiger partial charge in [0.2, 0.25) is 5.90 Å². The number of carbonyl (C=O) groups is 1. The van der Waals surface area contributed by atoms with E-state index in [1.165, 1.54) is 0 Å². The summed E-state index contributed by atoms with van der Waals surface area (Å²) >= 11 is 0. The van der Waals surface area contributed by atoms with Gasteiger partial charge in [0, 0.05) is 5.56 Å². The van der Waals surface area contributed by atoms with Crippen LogP contribution in [-0.2, 0) is 9.53 Å². The summed E-state index contributed by atoms with van der Waals surface area (Å²) in [4.78, 5) is 15.4. The molecule has 2 rings (SSSR count). The van der Waals surface area contributed by atoms with Crippen molar-refractivity contribution in [3.8, 4) is 0 Å². The maximum atomic E-state index is 10.8. The van der Waals surface area contributed by atoms with E-state index < -0.39 is 5.97 Å². The van der Waals surface area contributed by atoms with Crippen molar-refractivity contribution in [2.24, 2.45) is 10.9 Å². The highest BCUT2D eigenvalue weighted by Gasteiger charge is 2.35. The largest absolute Gasteiger partial charge is 0.481 e. The number of hydrogen-bond donors (Lipinski definition) is 1. The van der Waals surface area contributed by atoms with Crippen molar-refractivity contribution in [3.63, 3.8) is 0 Å². The fraction of sp³-hybridized carbons (Fsp3) is 0.429. The van der Waals surface area contributed by atoms with Crippen LogP contribution in [0.25, 0.3) is 0 Å². The molecule has 2 atom stereocenters. The summed E-state index contributed by atoms with van der Waals surface area (Å²) in [5.41, 5.74) is 0.899. The molecule has 0 amide bonds. The van der Waals surface area contributed by atoms with Crippen LogP contribution in [0.4, 0.5) is 0 Å². The van der Waals surface area contributed by atoms with Gasteiger partial charge < -0.3 is 9.84 Å². The summed E-state index contributed by atoms with van der Waals surface area (Å²) in [6.45, 7) is 4.06. The normalized spacial score (nSPS) is 22.7. The summed E-state index contributed by atoms with van der Waals surface area (Å²) in [5.74, 6) is -0.0359. The zero-order valence-electron chi connectivity index (χ0n) is 10.5. The predicted octanol–water partition coefficient (Wildman–Crippen LogP) is 2.33. The van der Waals surface area contributed by atoms with Gasteiger partial charge >= 0.3 is 5.97 Å². The van der Waals surface area contributed by atoms with E-state index in [0.717, 1.165) is 5.56 Å². The van der Waals surface area contributed by atoms with Gasteiger partial charge in [0.1, 0.15) is 6.10 Å². The van der Waals surface area contributed by atoms with Gasteiger partial charge in [-0.15, -0.1) is 0 Å². The number of nitrogens with zero attached hydrogens (tertiary/aromatic N) is 1. The Kier molecular flexibility index (Phi) is 3.65. The van der Waals surface area contributed by atoms with Crippen molar-refractivity contribution in [2.45, 2.75) is 32.4 Å². The van der Waals surface area contributed by atoms with Crippen LogP contribution < -0.4 is 0 Å². The molecule has 4 nitrogen and oxygen atoms in total. The lowest BCUT2D eigenvalue weighted by atomic mass is 9.98. The van der Waals surface area contributed by atoms with Crippen LogP contribution in [0.3, 0.4) is 0 Å². The Labute approximate surface area is 106 Å². The number of carboxylic acids is 1. The quantitative estimate of drug-likeness (QED) is 0.888. The summed E-state index contributed by atoms with van der Waals surface area (Å²) in [6.07, 6.45) is -0.374. The third kappa shape index (κ3) is 2.70. The smallest absolute Gasteiger partial charge is 0.307 e. The Bertz CT molecular complexity index is 453. The lowest BCUT2D eigenvalue weighted by molar-refractivity contribution is -0.139. The number of aliphatic carboxylic acids is 1. The SMILES string of the molecule is CC(C)[C@@H]1N=C(c2ccccc2)O[C@H]1CC(=O)O. The van der Waals surface area contributed by atoms with Crippen molar-refractivity contribution in [3.05, 3.63) is 35.9 Å². The molecule has 0 saturated carbocycles. The highest BCUT2D eigenvalue weighted by Crippen LogP contribution is 2.25. The van der Waals surface area contributed by atoms with Gasteiger partial charge in [-0.2, -0.15) is 0 Å². The van der Waals surface area contributed by atoms with E-state index >= 15 is 0 Å². The molecule has 0 unspecified atom stereocenters. The Morgan fingerprint density at radius 2 is 2.06 bits per heavy atom. The molecule has 4 heteroatoms. The van der Waals surface area contributed by atoms with E-state index in [0.29, 0.717) is 5.90 Å². The minimum Gasteiger partial charge on any atom is -0.481 e. The Morgan fingerprint density at radius 1 is 1.39 bits per heavy atom. The number of benzene rings is 1.